The highest BCUT2D eigenvalue weighted by atomic mass is 79.9. The maximum Gasteiger partial charge on any atom is 0.269 e. The Hall–Kier alpha value is -1.88. The molecule has 2 rings (SSSR count). The smallest absolute Gasteiger partial charge is 0.269 e. The first kappa shape index (κ1) is 12.6. The number of nitro groups is 1. The van der Waals surface area contributed by atoms with Crippen LogP contribution >= 0.6 is 15.9 Å². The van der Waals surface area contributed by atoms with Crippen LogP contribution in [0.25, 0.3) is 0 Å². The SMILES string of the molecule is O=[N+]([O-])c1ccc(COc2cccc(Br)c2)cc1. The number of hydrogen-bond acceptors (Lipinski definition) is 3. The summed E-state index contributed by atoms with van der Waals surface area (Å²) in [7, 11) is 0. The molecule has 0 amide bonds. The Morgan fingerprint density at radius 3 is 2.50 bits per heavy atom. The van der Waals surface area contributed by atoms with Crippen molar-refractivity contribution in [1.29, 1.82) is 0 Å². The molecule has 92 valence electrons. The first-order valence-electron chi connectivity index (χ1n) is 5.27. The summed E-state index contributed by atoms with van der Waals surface area (Å²) in [4.78, 5) is 10.1. The first-order valence-corrected chi connectivity index (χ1v) is 6.06. The van der Waals surface area contributed by atoms with E-state index in [1.54, 1.807) is 12.1 Å². The zero-order valence-electron chi connectivity index (χ0n) is 9.38. The van der Waals surface area contributed by atoms with E-state index in [1.165, 1.54) is 12.1 Å². The second kappa shape index (κ2) is 5.64. The van der Waals surface area contributed by atoms with Crippen LogP contribution in [0.1, 0.15) is 5.56 Å². The monoisotopic (exact) mass is 307 g/mol. The molecule has 5 heteroatoms. The highest BCUT2D eigenvalue weighted by Gasteiger charge is 2.04. The first-order chi connectivity index (χ1) is 8.65. The Bertz CT molecular complexity index is 554. The minimum absolute atomic E-state index is 0.0844. The third-order valence-corrected chi connectivity index (χ3v) is 2.84. The Balaban J connectivity index is 2.00. The van der Waals surface area contributed by atoms with Crippen LogP contribution in [0.5, 0.6) is 5.75 Å². The van der Waals surface area contributed by atoms with Gasteiger partial charge in [-0.15, -0.1) is 0 Å². The van der Waals surface area contributed by atoms with Gasteiger partial charge in [0.05, 0.1) is 4.92 Å². The summed E-state index contributed by atoms with van der Waals surface area (Å²) in [5.74, 6) is 0.753. The van der Waals surface area contributed by atoms with Gasteiger partial charge in [-0.05, 0) is 35.9 Å². The van der Waals surface area contributed by atoms with Gasteiger partial charge in [0, 0.05) is 16.6 Å². The zero-order valence-corrected chi connectivity index (χ0v) is 11.0. The second-order valence-corrected chi connectivity index (χ2v) is 4.59. The quantitative estimate of drug-likeness (QED) is 0.635. The van der Waals surface area contributed by atoms with Crippen LogP contribution in [0.15, 0.2) is 53.0 Å². The van der Waals surface area contributed by atoms with Crippen molar-refractivity contribution in [1.82, 2.24) is 0 Å². The van der Waals surface area contributed by atoms with Gasteiger partial charge in [-0.3, -0.25) is 10.1 Å². The van der Waals surface area contributed by atoms with Crippen LogP contribution < -0.4 is 4.74 Å². The van der Waals surface area contributed by atoms with Crippen molar-refractivity contribution in [3.63, 3.8) is 0 Å². The molecule has 0 aliphatic heterocycles. The average molecular weight is 308 g/mol. The van der Waals surface area contributed by atoms with E-state index in [0.29, 0.717) is 6.61 Å². The van der Waals surface area contributed by atoms with Crippen molar-refractivity contribution in [2.24, 2.45) is 0 Å². The van der Waals surface area contributed by atoms with Crippen LogP contribution in [-0.2, 0) is 6.61 Å². The highest BCUT2D eigenvalue weighted by Crippen LogP contribution is 2.19. The molecule has 0 saturated heterocycles. The van der Waals surface area contributed by atoms with Crippen LogP contribution in [-0.4, -0.2) is 4.92 Å². The Morgan fingerprint density at radius 2 is 1.89 bits per heavy atom. The topological polar surface area (TPSA) is 52.4 Å². The van der Waals surface area contributed by atoms with Gasteiger partial charge in [-0.25, -0.2) is 0 Å². The Labute approximate surface area is 112 Å². The average Bonchev–Trinajstić information content (AvgIpc) is 2.37. The Kier molecular flexibility index (Phi) is 3.94. The highest BCUT2D eigenvalue weighted by molar-refractivity contribution is 9.10. The van der Waals surface area contributed by atoms with Crippen LogP contribution in [0, 0.1) is 10.1 Å². The van der Waals surface area contributed by atoms with E-state index in [-0.39, 0.29) is 5.69 Å². The summed E-state index contributed by atoms with van der Waals surface area (Å²) in [6, 6.07) is 13.8. The summed E-state index contributed by atoms with van der Waals surface area (Å²) in [6.07, 6.45) is 0. The minimum atomic E-state index is -0.418. The number of hydrogen-bond donors (Lipinski definition) is 0. The molecule has 0 N–H and O–H groups in total. The zero-order chi connectivity index (χ0) is 13.0. The van der Waals surface area contributed by atoms with Crippen LogP contribution in [0.2, 0.25) is 0 Å². The third-order valence-electron chi connectivity index (χ3n) is 2.35. The molecular weight excluding hydrogens is 298 g/mol. The second-order valence-electron chi connectivity index (χ2n) is 3.67. The van der Waals surface area contributed by atoms with E-state index < -0.39 is 4.92 Å². The molecule has 18 heavy (non-hydrogen) atoms. The molecule has 2 aromatic carbocycles. The van der Waals surface area contributed by atoms with Gasteiger partial charge in [0.1, 0.15) is 12.4 Å². The summed E-state index contributed by atoms with van der Waals surface area (Å²) in [5, 5.41) is 10.5. The molecule has 0 atom stereocenters. The molecule has 0 radical (unpaired) electrons. The fourth-order valence-corrected chi connectivity index (χ4v) is 1.82. The number of benzene rings is 2. The molecule has 0 fully saturated rings. The maximum absolute atomic E-state index is 10.5. The lowest BCUT2D eigenvalue weighted by Gasteiger charge is -2.06. The summed E-state index contributed by atoms with van der Waals surface area (Å²) in [6.45, 7) is 0.383. The van der Waals surface area contributed by atoms with Crippen molar-refractivity contribution in [3.05, 3.63) is 68.7 Å². The number of halogens is 1. The fraction of sp³-hybridized carbons (Fsp3) is 0.0769. The minimum Gasteiger partial charge on any atom is -0.489 e. The molecule has 2 aromatic rings. The molecule has 0 spiro atoms. The fourth-order valence-electron chi connectivity index (χ4n) is 1.44. The molecule has 0 aliphatic carbocycles. The summed E-state index contributed by atoms with van der Waals surface area (Å²) < 4.78 is 6.52. The van der Waals surface area contributed by atoms with E-state index in [2.05, 4.69) is 15.9 Å². The van der Waals surface area contributed by atoms with Crippen molar-refractivity contribution in [2.75, 3.05) is 0 Å². The van der Waals surface area contributed by atoms with E-state index in [1.807, 2.05) is 24.3 Å². The number of nitrogens with zero attached hydrogens (tertiary/aromatic N) is 1. The molecular formula is C13H10BrNO3. The molecule has 0 saturated carbocycles. The van der Waals surface area contributed by atoms with Crippen LogP contribution in [0.4, 0.5) is 5.69 Å². The summed E-state index contributed by atoms with van der Waals surface area (Å²) >= 11 is 3.36. The molecule has 0 heterocycles. The van der Waals surface area contributed by atoms with Crippen molar-refractivity contribution in [3.8, 4) is 5.75 Å². The van der Waals surface area contributed by atoms with Crippen molar-refractivity contribution >= 4 is 21.6 Å². The number of non-ortho nitro benzene ring substituents is 1. The maximum atomic E-state index is 10.5. The lowest BCUT2D eigenvalue weighted by Crippen LogP contribution is -1.96. The van der Waals surface area contributed by atoms with Gasteiger partial charge < -0.3 is 4.74 Å². The Morgan fingerprint density at radius 1 is 1.17 bits per heavy atom. The molecule has 0 bridgehead atoms. The number of nitro benzene ring substituents is 1. The normalized spacial score (nSPS) is 10.1. The summed E-state index contributed by atoms with van der Waals surface area (Å²) in [5.41, 5.74) is 0.974. The predicted molar refractivity (Wildman–Crippen MR) is 71.6 cm³/mol. The predicted octanol–water partition coefficient (Wildman–Crippen LogP) is 3.94. The molecule has 4 nitrogen and oxygen atoms in total. The standard InChI is InChI=1S/C13H10BrNO3/c14-11-2-1-3-13(8-11)18-9-10-4-6-12(7-5-10)15(16)17/h1-8H,9H2. The largest absolute Gasteiger partial charge is 0.489 e. The van der Waals surface area contributed by atoms with Crippen LogP contribution in [0.3, 0.4) is 0 Å². The van der Waals surface area contributed by atoms with Gasteiger partial charge in [-0.1, -0.05) is 22.0 Å². The van der Waals surface area contributed by atoms with Gasteiger partial charge in [0.2, 0.25) is 0 Å². The van der Waals surface area contributed by atoms with Gasteiger partial charge >= 0.3 is 0 Å². The van der Waals surface area contributed by atoms with E-state index in [9.17, 15) is 10.1 Å². The van der Waals surface area contributed by atoms with Gasteiger partial charge in [0.25, 0.3) is 5.69 Å². The van der Waals surface area contributed by atoms with Crippen molar-refractivity contribution in [2.45, 2.75) is 6.61 Å². The number of ether oxygens (including phenoxy) is 1. The number of rotatable bonds is 4. The third kappa shape index (κ3) is 3.30. The van der Waals surface area contributed by atoms with Gasteiger partial charge in [-0.2, -0.15) is 0 Å². The van der Waals surface area contributed by atoms with Gasteiger partial charge in [0.15, 0.2) is 0 Å². The van der Waals surface area contributed by atoms with E-state index >= 15 is 0 Å². The van der Waals surface area contributed by atoms with Crippen molar-refractivity contribution < 1.29 is 9.66 Å². The van der Waals surface area contributed by atoms with E-state index in [4.69, 9.17) is 4.74 Å². The lowest BCUT2D eigenvalue weighted by molar-refractivity contribution is -0.384. The molecule has 0 aliphatic rings. The van der Waals surface area contributed by atoms with E-state index in [0.717, 1.165) is 15.8 Å². The lowest BCUT2D eigenvalue weighted by atomic mass is 10.2. The molecule has 0 aromatic heterocycles. The molecule has 0 unspecified atom stereocenters.